The molecule has 1 aliphatic carbocycles. The van der Waals surface area contributed by atoms with Gasteiger partial charge in [-0.25, -0.2) is 8.42 Å². The van der Waals surface area contributed by atoms with Crippen LogP contribution in [0.1, 0.15) is 51.9 Å². The average molecular weight is 345 g/mol. The van der Waals surface area contributed by atoms with Gasteiger partial charge in [-0.05, 0) is 31.6 Å². The number of amides is 1. The number of anilines is 1. The van der Waals surface area contributed by atoms with E-state index in [1.165, 1.54) is 19.3 Å². The highest BCUT2D eigenvalue weighted by Gasteiger charge is 2.27. The van der Waals surface area contributed by atoms with Crippen LogP contribution in [0.25, 0.3) is 0 Å². The zero-order chi connectivity index (χ0) is 16.2. The molecule has 1 fully saturated rings. The van der Waals surface area contributed by atoms with Gasteiger partial charge in [0.1, 0.15) is 0 Å². The molecule has 0 aromatic carbocycles. The minimum absolute atomic E-state index is 0.00320. The summed E-state index contributed by atoms with van der Waals surface area (Å²) in [5.41, 5.74) is 0. The van der Waals surface area contributed by atoms with Gasteiger partial charge in [0.05, 0.1) is 0 Å². The van der Waals surface area contributed by atoms with E-state index in [2.05, 4.69) is 22.4 Å². The zero-order valence-corrected chi connectivity index (χ0v) is 14.7. The summed E-state index contributed by atoms with van der Waals surface area (Å²) in [5.74, 6) is 0.691. The fraction of sp³-hybridized carbons (Fsp3) is 0.786. The van der Waals surface area contributed by atoms with Gasteiger partial charge in [-0.3, -0.25) is 4.79 Å². The molecule has 0 spiro atoms. The summed E-state index contributed by atoms with van der Waals surface area (Å²) in [6, 6.07) is 0. The van der Waals surface area contributed by atoms with Crippen LogP contribution in [-0.4, -0.2) is 30.8 Å². The molecule has 2 rings (SSSR count). The van der Waals surface area contributed by atoms with Gasteiger partial charge in [0.2, 0.25) is 25.2 Å². The molecular formula is C14H23N3O3S2. The van der Waals surface area contributed by atoms with Crippen molar-refractivity contribution in [2.75, 3.05) is 11.6 Å². The lowest BCUT2D eigenvalue weighted by Gasteiger charge is -2.27. The van der Waals surface area contributed by atoms with E-state index in [4.69, 9.17) is 0 Å². The minimum Gasteiger partial charge on any atom is -0.300 e. The largest absolute Gasteiger partial charge is 0.300 e. The van der Waals surface area contributed by atoms with E-state index in [9.17, 15) is 13.2 Å². The Hall–Kier alpha value is -1.02. The number of hydrogen-bond acceptors (Lipinski definition) is 6. The number of rotatable bonds is 6. The molecule has 0 bridgehead atoms. The van der Waals surface area contributed by atoms with Crippen LogP contribution in [0.3, 0.4) is 0 Å². The third-order valence-corrected chi connectivity index (χ3v) is 6.64. The molecule has 0 saturated heterocycles. The summed E-state index contributed by atoms with van der Waals surface area (Å²) < 4.78 is 22.6. The number of aromatic nitrogens is 2. The van der Waals surface area contributed by atoms with Crippen molar-refractivity contribution in [3.05, 3.63) is 0 Å². The van der Waals surface area contributed by atoms with Crippen molar-refractivity contribution in [2.24, 2.45) is 11.8 Å². The standard InChI is InChI=1S/C14H23N3O3S2/c1-3-4-5-10-6-8-11(9-7-10)12(18)15-13-16-17-14(21-13)22(2,19)20/h10-11H,3-9H2,1-2H3,(H,15,16,18). The molecule has 1 N–H and O–H groups in total. The molecule has 8 heteroatoms. The predicted octanol–water partition coefficient (Wildman–Crippen LogP) is 2.88. The van der Waals surface area contributed by atoms with Crippen LogP contribution >= 0.6 is 11.3 Å². The maximum atomic E-state index is 12.2. The number of carbonyl (C=O) groups excluding carboxylic acids is 1. The molecule has 1 aromatic rings. The van der Waals surface area contributed by atoms with E-state index in [0.717, 1.165) is 49.2 Å². The van der Waals surface area contributed by atoms with Crippen molar-refractivity contribution in [1.82, 2.24) is 10.2 Å². The lowest BCUT2D eigenvalue weighted by Crippen LogP contribution is -2.27. The first kappa shape index (κ1) is 17.3. The van der Waals surface area contributed by atoms with E-state index in [-0.39, 0.29) is 21.3 Å². The van der Waals surface area contributed by atoms with Gasteiger partial charge in [-0.1, -0.05) is 37.5 Å². The van der Waals surface area contributed by atoms with Gasteiger partial charge in [0.15, 0.2) is 0 Å². The Morgan fingerprint density at radius 1 is 1.27 bits per heavy atom. The summed E-state index contributed by atoms with van der Waals surface area (Å²) >= 11 is 0.902. The summed E-state index contributed by atoms with van der Waals surface area (Å²) in [6.07, 6.45) is 8.83. The Morgan fingerprint density at radius 3 is 2.50 bits per heavy atom. The first-order chi connectivity index (χ1) is 10.4. The fourth-order valence-electron chi connectivity index (χ4n) is 2.82. The summed E-state index contributed by atoms with van der Waals surface area (Å²) in [6.45, 7) is 2.20. The van der Waals surface area contributed by atoms with Crippen molar-refractivity contribution in [1.29, 1.82) is 0 Å². The van der Waals surface area contributed by atoms with E-state index in [1.807, 2.05) is 0 Å². The third kappa shape index (κ3) is 4.74. The molecule has 0 atom stereocenters. The quantitative estimate of drug-likeness (QED) is 0.801. The lowest BCUT2D eigenvalue weighted by atomic mass is 9.79. The van der Waals surface area contributed by atoms with Crippen LogP contribution < -0.4 is 5.32 Å². The summed E-state index contributed by atoms with van der Waals surface area (Å²) in [4.78, 5) is 12.2. The van der Waals surface area contributed by atoms with Crippen LogP contribution in [-0.2, 0) is 14.6 Å². The predicted molar refractivity (Wildman–Crippen MR) is 86.6 cm³/mol. The van der Waals surface area contributed by atoms with Gasteiger partial charge in [-0.2, -0.15) is 0 Å². The first-order valence-corrected chi connectivity index (χ1v) is 10.5. The molecule has 1 aromatic heterocycles. The molecule has 1 amide bonds. The topological polar surface area (TPSA) is 89.0 Å². The molecule has 0 aliphatic heterocycles. The Labute approximate surface area is 135 Å². The highest BCUT2D eigenvalue weighted by atomic mass is 32.2. The number of unbranched alkanes of at least 4 members (excludes halogenated alkanes) is 1. The number of nitrogens with zero attached hydrogens (tertiary/aromatic N) is 2. The van der Waals surface area contributed by atoms with Gasteiger partial charge in [0.25, 0.3) is 0 Å². The monoisotopic (exact) mass is 345 g/mol. The smallest absolute Gasteiger partial charge is 0.234 e. The van der Waals surface area contributed by atoms with Crippen molar-refractivity contribution in [3.63, 3.8) is 0 Å². The second kappa shape index (κ2) is 7.50. The summed E-state index contributed by atoms with van der Waals surface area (Å²) in [5, 5.41) is 10.3. The highest BCUT2D eigenvalue weighted by Crippen LogP contribution is 2.32. The van der Waals surface area contributed by atoms with Crippen molar-refractivity contribution in [3.8, 4) is 0 Å². The Bertz CT molecular complexity index is 605. The molecule has 0 unspecified atom stereocenters. The average Bonchev–Trinajstić information content (AvgIpc) is 2.94. The fourth-order valence-corrected chi connectivity index (χ4v) is 4.34. The molecular weight excluding hydrogens is 322 g/mol. The van der Waals surface area contributed by atoms with Crippen molar-refractivity contribution >= 4 is 32.2 Å². The van der Waals surface area contributed by atoms with Gasteiger partial charge < -0.3 is 5.32 Å². The molecule has 124 valence electrons. The second-order valence-corrected chi connectivity index (χ2v) is 9.16. The van der Waals surface area contributed by atoms with Crippen LogP contribution in [0, 0.1) is 11.8 Å². The molecule has 6 nitrogen and oxygen atoms in total. The highest BCUT2D eigenvalue weighted by molar-refractivity contribution is 7.92. The van der Waals surface area contributed by atoms with Crippen LogP contribution in [0.5, 0.6) is 0 Å². The Kier molecular flexibility index (Phi) is 5.91. The molecule has 1 heterocycles. The third-order valence-electron chi connectivity index (χ3n) is 4.14. The van der Waals surface area contributed by atoms with Crippen LogP contribution in [0.4, 0.5) is 5.13 Å². The van der Waals surface area contributed by atoms with Crippen molar-refractivity contribution in [2.45, 2.75) is 56.2 Å². The van der Waals surface area contributed by atoms with E-state index in [0.29, 0.717) is 0 Å². The van der Waals surface area contributed by atoms with Gasteiger partial charge in [0, 0.05) is 12.2 Å². The number of nitrogens with one attached hydrogen (secondary N) is 1. The number of carbonyl (C=O) groups is 1. The van der Waals surface area contributed by atoms with Gasteiger partial charge in [-0.15, -0.1) is 10.2 Å². The maximum absolute atomic E-state index is 12.2. The van der Waals surface area contributed by atoms with E-state index < -0.39 is 9.84 Å². The molecule has 1 aliphatic rings. The Morgan fingerprint density at radius 2 is 1.95 bits per heavy atom. The number of hydrogen-bond donors (Lipinski definition) is 1. The zero-order valence-electron chi connectivity index (χ0n) is 13.0. The first-order valence-electron chi connectivity index (χ1n) is 7.74. The Balaban J connectivity index is 1.85. The lowest BCUT2D eigenvalue weighted by molar-refractivity contribution is -0.121. The normalized spacial score (nSPS) is 22.5. The SMILES string of the molecule is CCCCC1CCC(C(=O)Nc2nnc(S(C)(=O)=O)s2)CC1. The van der Waals surface area contributed by atoms with Crippen LogP contribution in [0.2, 0.25) is 0 Å². The maximum Gasteiger partial charge on any atom is 0.234 e. The van der Waals surface area contributed by atoms with Crippen molar-refractivity contribution < 1.29 is 13.2 Å². The minimum atomic E-state index is -3.37. The summed E-state index contributed by atoms with van der Waals surface area (Å²) in [7, 11) is -3.37. The van der Waals surface area contributed by atoms with E-state index in [1.54, 1.807) is 0 Å². The second-order valence-electron chi connectivity index (χ2n) is 5.99. The molecule has 0 radical (unpaired) electrons. The van der Waals surface area contributed by atoms with E-state index >= 15 is 0 Å². The molecule has 22 heavy (non-hydrogen) atoms. The van der Waals surface area contributed by atoms with Gasteiger partial charge >= 0.3 is 0 Å². The number of sulfone groups is 1. The van der Waals surface area contributed by atoms with Crippen LogP contribution in [0.15, 0.2) is 4.34 Å². The molecule has 1 saturated carbocycles.